The fraction of sp³-hybridized carbons (Fsp3) is 0.438. The SMILES string of the molecule is C=C1OC(c2ccccc2NC)=NC12CCCCC2. The van der Waals surface area contributed by atoms with E-state index in [0.29, 0.717) is 0 Å². The summed E-state index contributed by atoms with van der Waals surface area (Å²) in [6.07, 6.45) is 5.86. The first-order valence-corrected chi connectivity index (χ1v) is 6.99. The molecule has 1 spiro atoms. The molecule has 1 fully saturated rings. The minimum absolute atomic E-state index is 0.158. The Labute approximate surface area is 114 Å². The van der Waals surface area contributed by atoms with E-state index in [1.807, 2.05) is 31.3 Å². The third-order valence-corrected chi connectivity index (χ3v) is 4.16. The van der Waals surface area contributed by atoms with E-state index in [9.17, 15) is 0 Å². The van der Waals surface area contributed by atoms with Gasteiger partial charge in [0.25, 0.3) is 0 Å². The summed E-state index contributed by atoms with van der Waals surface area (Å²) in [6.45, 7) is 4.11. The Hall–Kier alpha value is -1.77. The van der Waals surface area contributed by atoms with E-state index >= 15 is 0 Å². The topological polar surface area (TPSA) is 33.6 Å². The maximum Gasteiger partial charge on any atom is 0.224 e. The van der Waals surface area contributed by atoms with Crippen LogP contribution in [0.2, 0.25) is 0 Å². The smallest absolute Gasteiger partial charge is 0.224 e. The number of benzene rings is 1. The molecule has 1 aromatic carbocycles. The van der Waals surface area contributed by atoms with Gasteiger partial charge in [-0.3, -0.25) is 0 Å². The van der Waals surface area contributed by atoms with Crippen LogP contribution in [0.3, 0.4) is 0 Å². The second-order valence-electron chi connectivity index (χ2n) is 5.33. The Morgan fingerprint density at radius 2 is 1.95 bits per heavy atom. The molecule has 1 heterocycles. The van der Waals surface area contributed by atoms with E-state index in [4.69, 9.17) is 9.73 Å². The van der Waals surface area contributed by atoms with Crippen LogP contribution < -0.4 is 5.32 Å². The molecule has 0 amide bonds. The van der Waals surface area contributed by atoms with Crippen LogP contribution in [-0.4, -0.2) is 18.5 Å². The monoisotopic (exact) mass is 256 g/mol. The Morgan fingerprint density at radius 3 is 2.68 bits per heavy atom. The lowest BCUT2D eigenvalue weighted by Crippen LogP contribution is -2.28. The van der Waals surface area contributed by atoms with E-state index < -0.39 is 0 Å². The maximum absolute atomic E-state index is 5.90. The highest BCUT2D eigenvalue weighted by molar-refractivity contribution is 6.01. The second kappa shape index (κ2) is 4.72. The van der Waals surface area contributed by atoms with Crippen LogP contribution in [0.15, 0.2) is 41.6 Å². The normalized spacial score (nSPS) is 21.1. The van der Waals surface area contributed by atoms with Gasteiger partial charge in [0, 0.05) is 12.7 Å². The van der Waals surface area contributed by atoms with E-state index in [0.717, 1.165) is 35.7 Å². The molecular weight excluding hydrogens is 236 g/mol. The molecular formula is C16H20N2O. The molecule has 0 aromatic heterocycles. The highest BCUT2D eigenvalue weighted by Gasteiger charge is 2.42. The Morgan fingerprint density at radius 1 is 1.21 bits per heavy atom. The van der Waals surface area contributed by atoms with Gasteiger partial charge in [0.05, 0.1) is 5.56 Å². The molecule has 0 saturated heterocycles. The van der Waals surface area contributed by atoms with E-state index in [1.54, 1.807) is 0 Å². The predicted octanol–water partition coefficient (Wildman–Crippen LogP) is 3.72. The second-order valence-corrected chi connectivity index (χ2v) is 5.33. The predicted molar refractivity (Wildman–Crippen MR) is 78.6 cm³/mol. The number of hydrogen-bond donors (Lipinski definition) is 1. The summed E-state index contributed by atoms with van der Waals surface area (Å²) in [7, 11) is 1.92. The van der Waals surface area contributed by atoms with Crippen molar-refractivity contribution in [3.05, 3.63) is 42.2 Å². The summed E-state index contributed by atoms with van der Waals surface area (Å²) in [4.78, 5) is 4.89. The van der Waals surface area contributed by atoms with Gasteiger partial charge in [-0.05, 0) is 25.0 Å². The van der Waals surface area contributed by atoms with Crippen molar-refractivity contribution in [2.75, 3.05) is 12.4 Å². The summed E-state index contributed by atoms with van der Waals surface area (Å²) in [6, 6.07) is 8.10. The highest BCUT2D eigenvalue weighted by Crippen LogP contribution is 2.42. The van der Waals surface area contributed by atoms with Crippen LogP contribution in [0.5, 0.6) is 0 Å². The lowest BCUT2D eigenvalue weighted by molar-refractivity contribution is 0.285. The van der Waals surface area contributed by atoms with Gasteiger partial charge in [-0.15, -0.1) is 0 Å². The molecule has 0 atom stereocenters. The summed E-state index contributed by atoms with van der Waals surface area (Å²) < 4.78 is 5.90. The van der Waals surface area contributed by atoms with Crippen molar-refractivity contribution in [1.82, 2.24) is 0 Å². The number of nitrogens with one attached hydrogen (secondary N) is 1. The molecule has 1 aliphatic carbocycles. The molecule has 1 aromatic rings. The van der Waals surface area contributed by atoms with Crippen molar-refractivity contribution in [3.63, 3.8) is 0 Å². The molecule has 0 radical (unpaired) electrons. The van der Waals surface area contributed by atoms with Crippen LogP contribution in [0, 0.1) is 0 Å². The largest absolute Gasteiger partial charge is 0.441 e. The minimum atomic E-state index is -0.158. The van der Waals surface area contributed by atoms with Gasteiger partial charge in [0.15, 0.2) is 0 Å². The standard InChI is InChI=1S/C16H20N2O/c1-12-16(10-6-3-7-11-16)18-15(19-12)13-8-4-5-9-14(13)17-2/h4-5,8-9,17H,1,3,6-7,10-11H2,2H3. The molecule has 100 valence electrons. The van der Waals surface area contributed by atoms with Crippen LogP contribution in [-0.2, 0) is 4.74 Å². The Bertz CT molecular complexity index is 527. The first-order valence-electron chi connectivity index (χ1n) is 6.99. The first kappa shape index (κ1) is 12.3. The molecule has 2 aliphatic rings. The number of rotatable bonds is 2. The van der Waals surface area contributed by atoms with Crippen molar-refractivity contribution in [1.29, 1.82) is 0 Å². The highest BCUT2D eigenvalue weighted by atomic mass is 16.5. The average molecular weight is 256 g/mol. The maximum atomic E-state index is 5.90. The van der Waals surface area contributed by atoms with Gasteiger partial charge in [-0.1, -0.05) is 38.0 Å². The number of anilines is 1. The van der Waals surface area contributed by atoms with E-state index in [1.165, 1.54) is 19.3 Å². The lowest BCUT2D eigenvalue weighted by atomic mass is 9.81. The molecule has 0 bridgehead atoms. The van der Waals surface area contributed by atoms with Gasteiger partial charge in [0.1, 0.15) is 11.3 Å². The van der Waals surface area contributed by atoms with Gasteiger partial charge < -0.3 is 10.1 Å². The molecule has 3 nitrogen and oxygen atoms in total. The quantitative estimate of drug-likeness (QED) is 0.875. The third-order valence-electron chi connectivity index (χ3n) is 4.16. The van der Waals surface area contributed by atoms with Crippen molar-refractivity contribution in [2.45, 2.75) is 37.6 Å². The number of hydrogen-bond acceptors (Lipinski definition) is 3. The number of nitrogens with zero attached hydrogens (tertiary/aromatic N) is 1. The van der Waals surface area contributed by atoms with Gasteiger partial charge in [-0.25, -0.2) is 4.99 Å². The van der Waals surface area contributed by atoms with Crippen molar-refractivity contribution >= 4 is 11.6 Å². The van der Waals surface area contributed by atoms with Gasteiger partial charge in [-0.2, -0.15) is 0 Å². The number of ether oxygens (including phenoxy) is 1. The van der Waals surface area contributed by atoms with Crippen molar-refractivity contribution < 1.29 is 4.74 Å². The number of para-hydroxylation sites is 1. The summed E-state index contributed by atoms with van der Waals surface area (Å²) >= 11 is 0. The molecule has 19 heavy (non-hydrogen) atoms. The fourth-order valence-electron chi connectivity index (χ4n) is 3.02. The fourth-order valence-corrected chi connectivity index (χ4v) is 3.02. The Balaban J connectivity index is 1.98. The molecule has 3 rings (SSSR count). The van der Waals surface area contributed by atoms with Crippen molar-refractivity contribution in [2.24, 2.45) is 4.99 Å². The lowest BCUT2D eigenvalue weighted by Gasteiger charge is -2.29. The molecule has 1 saturated carbocycles. The zero-order valence-corrected chi connectivity index (χ0v) is 11.4. The minimum Gasteiger partial charge on any atom is -0.441 e. The first-order chi connectivity index (χ1) is 9.25. The van der Waals surface area contributed by atoms with E-state index in [-0.39, 0.29) is 5.54 Å². The molecule has 1 N–H and O–H groups in total. The molecule has 1 aliphatic heterocycles. The molecule has 0 unspecified atom stereocenters. The van der Waals surface area contributed by atoms with Crippen LogP contribution in [0.1, 0.15) is 37.7 Å². The van der Waals surface area contributed by atoms with E-state index in [2.05, 4.69) is 11.9 Å². The molecule has 3 heteroatoms. The zero-order chi connectivity index (χ0) is 13.3. The Kier molecular flexibility index (Phi) is 3.05. The average Bonchev–Trinajstić information content (AvgIpc) is 2.76. The van der Waals surface area contributed by atoms with Crippen molar-refractivity contribution in [3.8, 4) is 0 Å². The summed E-state index contributed by atoms with van der Waals surface area (Å²) in [5.74, 6) is 1.55. The zero-order valence-electron chi connectivity index (χ0n) is 11.4. The van der Waals surface area contributed by atoms with Crippen LogP contribution >= 0.6 is 0 Å². The van der Waals surface area contributed by atoms with Gasteiger partial charge >= 0.3 is 0 Å². The summed E-state index contributed by atoms with van der Waals surface area (Å²) in [5, 5.41) is 3.19. The number of aliphatic imine (C=N–C) groups is 1. The van der Waals surface area contributed by atoms with Crippen LogP contribution in [0.25, 0.3) is 0 Å². The van der Waals surface area contributed by atoms with Crippen LogP contribution in [0.4, 0.5) is 5.69 Å². The van der Waals surface area contributed by atoms with Gasteiger partial charge in [0.2, 0.25) is 5.90 Å². The third kappa shape index (κ3) is 2.03. The summed E-state index contributed by atoms with van der Waals surface area (Å²) in [5.41, 5.74) is 1.91.